The lowest BCUT2D eigenvalue weighted by Gasteiger charge is -2.29. The van der Waals surface area contributed by atoms with Crippen LogP contribution in [0.1, 0.15) is 38.8 Å². The Morgan fingerprint density at radius 1 is 1.00 bits per heavy atom. The third kappa shape index (κ3) is 4.15. The molecule has 3 aromatic carbocycles. The van der Waals surface area contributed by atoms with Gasteiger partial charge in [-0.1, -0.05) is 54.1 Å². The molecule has 1 fully saturated rings. The van der Waals surface area contributed by atoms with E-state index in [9.17, 15) is 9.59 Å². The Labute approximate surface area is 197 Å². The summed E-state index contributed by atoms with van der Waals surface area (Å²) in [6.07, 6.45) is 1.98. The van der Waals surface area contributed by atoms with Gasteiger partial charge in [0.2, 0.25) is 5.91 Å². The minimum atomic E-state index is -0.0574. The molecular formula is C26H23ClN2O2S. The predicted molar refractivity (Wildman–Crippen MR) is 130 cm³/mol. The quantitative estimate of drug-likeness (QED) is 0.498. The molecular weight excluding hydrogens is 440 g/mol. The van der Waals surface area contributed by atoms with Crippen LogP contribution < -0.4 is 4.90 Å². The number of para-hydroxylation sites is 1. The Balaban J connectivity index is 1.34. The topological polar surface area (TPSA) is 40.6 Å². The number of rotatable bonds is 4. The van der Waals surface area contributed by atoms with Crippen LogP contribution in [-0.4, -0.2) is 29.0 Å². The summed E-state index contributed by atoms with van der Waals surface area (Å²) >= 11 is 7.61. The van der Waals surface area contributed by atoms with Crippen molar-refractivity contribution >= 4 is 40.9 Å². The third-order valence-electron chi connectivity index (χ3n) is 6.03. The molecule has 0 aromatic heterocycles. The maximum atomic E-state index is 13.2. The van der Waals surface area contributed by atoms with E-state index in [1.54, 1.807) is 11.8 Å². The van der Waals surface area contributed by atoms with E-state index in [2.05, 4.69) is 6.07 Å². The normalized spacial score (nSPS) is 18.0. The van der Waals surface area contributed by atoms with Gasteiger partial charge in [0.25, 0.3) is 5.91 Å². The van der Waals surface area contributed by atoms with Crippen molar-refractivity contribution in [3.63, 3.8) is 0 Å². The minimum Gasteiger partial charge on any atom is -0.322 e. The highest BCUT2D eigenvalue weighted by Gasteiger charge is 2.33. The molecule has 1 saturated heterocycles. The van der Waals surface area contributed by atoms with Gasteiger partial charge in [-0.2, -0.15) is 0 Å². The van der Waals surface area contributed by atoms with E-state index < -0.39 is 0 Å². The van der Waals surface area contributed by atoms with Crippen molar-refractivity contribution < 1.29 is 9.59 Å². The summed E-state index contributed by atoms with van der Waals surface area (Å²) in [5, 5.41) is 0.627. The molecule has 2 heterocycles. The number of aryl methyl sites for hydroxylation is 1. The molecule has 3 aromatic rings. The number of halogens is 1. The summed E-state index contributed by atoms with van der Waals surface area (Å²) in [6, 6.07) is 23.5. The number of thioether (sulfide) groups is 1. The lowest BCUT2D eigenvalue weighted by Crippen LogP contribution is -2.35. The first-order chi connectivity index (χ1) is 15.6. The number of hydrogen-bond donors (Lipinski definition) is 0. The Morgan fingerprint density at radius 2 is 1.75 bits per heavy atom. The lowest BCUT2D eigenvalue weighted by atomic mass is 10.0. The number of anilines is 1. The van der Waals surface area contributed by atoms with Crippen LogP contribution >= 0.6 is 23.4 Å². The molecule has 32 heavy (non-hydrogen) atoms. The second kappa shape index (κ2) is 9.00. The maximum Gasteiger partial charge on any atom is 0.258 e. The predicted octanol–water partition coefficient (Wildman–Crippen LogP) is 5.71. The van der Waals surface area contributed by atoms with E-state index in [1.165, 1.54) is 5.56 Å². The van der Waals surface area contributed by atoms with E-state index in [0.29, 0.717) is 22.9 Å². The fraction of sp³-hybridized carbons (Fsp3) is 0.231. The van der Waals surface area contributed by atoms with Crippen molar-refractivity contribution in [2.75, 3.05) is 17.2 Å². The monoisotopic (exact) mass is 462 g/mol. The van der Waals surface area contributed by atoms with Gasteiger partial charge in [-0.15, -0.1) is 11.8 Å². The molecule has 0 spiro atoms. The highest BCUT2D eigenvalue weighted by molar-refractivity contribution is 8.00. The number of carbonyl (C=O) groups is 2. The number of amides is 2. The van der Waals surface area contributed by atoms with Crippen molar-refractivity contribution in [1.29, 1.82) is 0 Å². The smallest absolute Gasteiger partial charge is 0.258 e. The lowest BCUT2D eigenvalue weighted by molar-refractivity contribution is -0.128. The zero-order valence-electron chi connectivity index (χ0n) is 17.5. The van der Waals surface area contributed by atoms with Gasteiger partial charge < -0.3 is 9.80 Å². The van der Waals surface area contributed by atoms with E-state index in [4.69, 9.17) is 11.6 Å². The highest BCUT2D eigenvalue weighted by atomic mass is 35.5. The molecule has 2 aliphatic heterocycles. The van der Waals surface area contributed by atoms with Crippen molar-refractivity contribution in [1.82, 2.24) is 4.90 Å². The zero-order valence-corrected chi connectivity index (χ0v) is 19.1. The number of benzene rings is 3. The molecule has 0 N–H and O–H groups in total. The average molecular weight is 463 g/mol. The van der Waals surface area contributed by atoms with Crippen molar-refractivity contribution in [2.24, 2.45) is 0 Å². The number of carbonyl (C=O) groups excluding carboxylic acids is 2. The van der Waals surface area contributed by atoms with E-state index in [1.807, 2.05) is 76.5 Å². The van der Waals surface area contributed by atoms with Crippen LogP contribution in [0.5, 0.6) is 0 Å². The molecule has 0 radical (unpaired) electrons. The summed E-state index contributed by atoms with van der Waals surface area (Å²) in [7, 11) is 0. The van der Waals surface area contributed by atoms with Gasteiger partial charge in [-0.3, -0.25) is 9.59 Å². The Morgan fingerprint density at radius 3 is 2.53 bits per heavy atom. The molecule has 1 atom stereocenters. The van der Waals surface area contributed by atoms with Gasteiger partial charge in [0.1, 0.15) is 5.37 Å². The highest BCUT2D eigenvalue weighted by Crippen LogP contribution is 2.40. The zero-order chi connectivity index (χ0) is 22.1. The van der Waals surface area contributed by atoms with Gasteiger partial charge >= 0.3 is 0 Å². The molecule has 162 valence electrons. The largest absolute Gasteiger partial charge is 0.322 e. The van der Waals surface area contributed by atoms with Crippen molar-refractivity contribution in [3.8, 4) is 0 Å². The van der Waals surface area contributed by atoms with Crippen LogP contribution in [0.15, 0.2) is 72.8 Å². The average Bonchev–Trinajstić information content (AvgIpc) is 3.19. The van der Waals surface area contributed by atoms with Gasteiger partial charge in [-0.25, -0.2) is 0 Å². The second-order valence-corrected chi connectivity index (χ2v) is 9.63. The Hall–Kier alpha value is -2.76. The second-order valence-electron chi connectivity index (χ2n) is 8.12. The van der Waals surface area contributed by atoms with Crippen LogP contribution in [0.2, 0.25) is 5.02 Å². The summed E-state index contributed by atoms with van der Waals surface area (Å²) < 4.78 is 0. The van der Waals surface area contributed by atoms with Crippen LogP contribution in [0.25, 0.3) is 0 Å². The molecule has 2 amide bonds. The fourth-order valence-corrected chi connectivity index (χ4v) is 5.69. The van der Waals surface area contributed by atoms with E-state index in [-0.39, 0.29) is 17.2 Å². The minimum absolute atomic E-state index is 0.0249. The summed E-state index contributed by atoms with van der Waals surface area (Å²) in [5.41, 5.74) is 4.99. The molecule has 4 nitrogen and oxygen atoms in total. The molecule has 0 bridgehead atoms. The molecule has 0 unspecified atom stereocenters. The first-order valence-electron chi connectivity index (χ1n) is 10.8. The fourth-order valence-electron chi connectivity index (χ4n) is 4.38. The molecule has 6 heteroatoms. The van der Waals surface area contributed by atoms with Crippen molar-refractivity contribution in [2.45, 2.75) is 24.8 Å². The summed E-state index contributed by atoms with van der Waals surface area (Å²) in [6.45, 7) is 1.28. The SMILES string of the molecule is O=C(c1ccc([C@H]2SCC(=O)N2Cc2ccc(Cl)cc2)cc1)N1CCCc2ccccc21. The molecule has 5 rings (SSSR count). The Bertz CT molecular complexity index is 1150. The van der Waals surface area contributed by atoms with E-state index >= 15 is 0 Å². The summed E-state index contributed by atoms with van der Waals surface area (Å²) in [4.78, 5) is 29.5. The molecule has 2 aliphatic rings. The van der Waals surface area contributed by atoms with Crippen LogP contribution in [-0.2, 0) is 17.8 Å². The standard InChI is InChI=1S/C26H23ClN2O2S/c27-22-13-7-18(8-14-22)16-29-24(30)17-32-26(29)21-11-9-20(10-12-21)25(31)28-15-3-5-19-4-1-2-6-23(19)28/h1-2,4,6-14,26H,3,5,15-17H2/t26-/m1/s1. The number of nitrogens with zero attached hydrogens (tertiary/aromatic N) is 2. The maximum absolute atomic E-state index is 13.2. The van der Waals surface area contributed by atoms with E-state index in [0.717, 1.165) is 36.2 Å². The van der Waals surface area contributed by atoms with Gasteiger partial charge in [0.05, 0.1) is 5.75 Å². The van der Waals surface area contributed by atoms with Gasteiger partial charge in [0.15, 0.2) is 0 Å². The first kappa shape index (κ1) is 21.1. The van der Waals surface area contributed by atoms with Crippen LogP contribution in [0.4, 0.5) is 5.69 Å². The number of hydrogen-bond acceptors (Lipinski definition) is 3. The number of fused-ring (bicyclic) bond motifs is 1. The Kier molecular flexibility index (Phi) is 5.94. The van der Waals surface area contributed by atoms with Crippen LogP contribution in [0.3, 0.4) is 0 Å². The summed E-state index contributed by atoms with van der Waals surface area (Å²) in [5.74, 6) is 0.612. The third-order valence-corrected chi connectivity index (χ3v) is 7.54. The van der Waals surface area contributed by atoms with Gasteiger partial charge in [-0.05, 0) is 59.9 Å². The van der Waals surface area contributed by atoms with Crippen LogP contribution in [0, 0.1) is 0 Å². The molecule has 0 saturated carbocycles. The molecule has 0 aliphatic carbocycles. The van der Waals surface area contributed by atoms with Gasteiger partial charge in [0, 0.05) is 29.4 Å². The van der Waals surface area contributed by atoms with Crippen molar-refractivity contribution in [3.05, 3.63) is 100 Å². The first-order valence-corrected chi connectivity index (χ1v) is 12.2.